The summed E-state index contributed by atoms with van der Waals surface area (Å²) in [6.45, 7) is 3.02. The molecule has 0 saturated carbocycles. The van der Waals surface area contributed by atoms with Crippen molar-refractivity contribution in [2.45, 2.75) is 26.3 Å². The Kier molecular flexibility index (Phi) is 3.45. The van der Waals surface area contributed by atoms with Crippen LogP contribution in [0.4, 0.5) is 0 Å². The summed E-state index contributed by atoms with van der Waals surface area (Å²) in [6, 6.07) is 9.93. The Hall–Kier alpha value is -2.89. The maximum absolute atomic E-state index is 12.9. The Morgan fingerprint density at radius 1 is 1.25 bits per heavy atom. The number of benzene rings is 1. The van der Waals surface area contributed by atoms with Crippen molar-refractivity contribution in [2.75, 3.05) is 6.54 Å². The third-order valence-electron chi connectivity index (χ3n) is 4.49. The van der Waals surface area contributed by atoms with E-state index < -0.39 is 0 Å². The number of rotatable bonds is 1. The zero-order valence-electron chi connectivity index (χ0n) is 13.5. The van der Waals surface area contributed by atoms with Gasteiger partial charge >= 0.3 is 0 Å². The first-order valence-corrected chi connectivity index (χ1v) is 8.07. The lowest BCUT2D eigenvalue weighted by molar-refractivity contribution is 0.0743. The van der Waals surface area contributed by atoms with E-state index >= 15 is 0 Å². The molecule has 0 atom stereocenters. The summed E-state index contributed by atoms with van der Waals surface area (Å²) in [5, 5.41) is 2.92. The minimum atomic E-state index is -0.351. The van der Waals surface area contributed by atoms with Crippen molar-refractivity contribution in [1.29, 1.82) is 0 Å². The molecule has 1 aliphatic heterocycles. The normalized spacial score (nSPS) is 14.5. The quantitative estimate of drug-likeness (QED) is 0.744. The van der Waals surface area contributed by atoms with Gasteiger partial charge in [-0.05, 0) is 30.9 Å². The zero-order valence-corrected chi connectivity index (χ0v) is 13.5. The highest BCUT2D eigenvalue weighted by atomic mass is 16.2. The number of nitrogens with zero attached hydrogens (tertiary/aromatic N) is 3. The van der Waals surface area contributed by atoms with Crippen LogP contribution in [0.5, 0.6) is 0 Å². The molecule has 3 aromatic rings. The number of amides is 1. The monoisotopic (exact) mass is 322 g/mol. The van der Waals surface area contributed by atoms with Gasteiger partial charge in [-0.15, -0.1) is 0 Å². The molecule has 122 valence electrons. The molecule has 3 heterocycles. The molecule has 1 aromatic carbocycles. The Bertz CT molecular complexity index is 986. The van der Waals surface area contributed by atoms with Gasteiger partial charge < -0.3 is 4.90 Å². The number of hydrogen-bond donors (Lipinski definition) is 1. The number of aryl methyl sites for hydroxylation is 2. The maximum atomic E-state index is 12.9. The van der Waals surface area contributed by atoms with Crippen molar-refractivity contribution in [3.05, 3.63) is 69.3 Å². The number of nitrogens with one attached hydrogen (secondary N) is 1. The molecule has 0 saturated heterocycles. The van der Waals surface area contributed by atoms with E-state index in [4.69, 9.17) is 0 Å². The first-order chi connectivity index (χ1) is 11.6. The van der Waals surface area contributed by atoms with E-state index in [0.29, 0.717) is 18.7 Å². The lowest BCUT2D eigenvalue weighted by atomic mass is 10.0. The fourth-order valence-electron chi connectivity index (χ4n) is 3.27. The average Bonchev–Trinajstić information content (AvgIpc) is 2.83. The maximum Gasteiger partial charge on any atom is 0.285 e. The number of H-pyrrole nitrogens is 1. The number of carbonyl (C=O) groups is 1. The summed E-state index contributed by atoms with van der Waals surface area (Å²) in [6.07, 6.45) is 3.23. The molecular formula is C18H18N4O2. The van der Waals surface area contributed by atoms with Gasteiger partial charge in [-0.2, -0.15) is 0 Å². The SMILES string of the molecule is Cc1cc2ncc(C(=O)N3CCCc4ccccc4C3)c(=O)n2[nH]1. The van der Waals surface area contributed by atoms with Gasteiger partial charge in [0.1, 0.15) is 5.56 Å². The van der Waals surface area contributed by atoms with E-state index in [9.17, 15) is 9.59 Å². The van der Waals surface area contributed by atoms with Gasteiger partial charge in [0.05, 0.1) is 0 Å². The molecule has 1 N–H and O–H groups in total. The molecule has 1 amide bonds. The van der Waals surface area contributed by atoms with Crippen LogP contribution in [0.3, 0.4) is 0 Å². The summed E-state index contributed by atoms with van der Waals surface area (Å²) in [7, 11) is 0. The standard InChI is InChI=1S/C18H18N4O2/c1-12-9-16-19-10-15(18(24)22(16)20-12)17(23)21-8-4-7-13-5-2-3-6-14(13)11-21/h2-3,5-6,9-10,20H,4,7-8,11H2,1H3. The molecule has 6 heteroatoms. The predicted molar refractivity (Wildman–Crippen MR) is 90.1 cm³/mol. The summed E-state index contributed by atoms with van der Waals surface area (Å²) in [5.74, 6) is -0.258. The summed E-state index contributed by atoms with van der Waals surface area (Å²) in [5.41, 5.74) is 3.53. The van der Waals surface area contributed by atoms with Crippen molar-refractivity contribution in [3.8, 4) is 0 Å². The van der Waals surface area contributed by atoms with Crippen LogP contribution in [-0.4, -0.2) is 31.9 Å². The summed E-state index contributed by atoms with van der Waals surface area (Å²) < 4.78 is 1.33. The topological polar surface area (TPSA) is 70.5 Å². The van der Waals surface area contributed by atoms with Crippen LogP contribution in [0.1, 0.15) is 33.6 Å². The van der Waals surface area contributed by atoms with E-state index in [2.05, 4.69) is 16.1 Å². The highest BCUT2D eigenvalue weighted by molar-refractivity contribution is 5.93. The Morgan fingerprint density at radius 2 is 2.04 bits per heavy atom. The van der Waals surface area contributed by atoms with Crippen LogP contribution in [-0.2, 0) is 13.0 Å². The Labute approximate surface area is 138 Å². The van der Waals surface area contributed by atoms with Gasteiger partial charge in [0.2, 0.25) is 0 Å². The molecule has 4 rings (SSSR count). The summed E-state index contributed by atoms with van der Waals surface area (Å²) in [4.78, 5) is 31.5. The molecule has 0 aliphatic carbocycles. The molecule has 6 nitrogen and oxygen atoms in total. The predicted octanol–water partition coefficient (Wildman–Crippen LogP) is 1.92. The van der Waals surface area contributed by atoms with Crippen LogP contribution in [0.15, 0.2) is 41.3 Å². The van der Waals surface area contributed by atoms with Crippen LogP contribution in [0, 0.1) is 6.92 Å². The zero-order chi connectivity index (χ0) is 16.7. The smallest absolute Gasteiger partial charge is 0.285 e. The van der Waals surface area contributed by atoms with Gasteiger partial charge in [-0.1, -0.05) is 24.3 Å². The molecule has 2 aromatic heterocycles. The van der Waals surface area contributed by atoms with E-state index in [1.54, 1.807) is 11.0 Å². The number of hydrogen-bond acceptors (Lipinski definition) is 3. The van der Waals surface area contributed by atoms with Crippen molar-refractivity contribution >= 4 is 11.6 Å². The molecule has 0 radical (unpaired) electrons. The second kappa shape index (κ2) is 5.63. The van der Waals surface area contributed by atoms with Crippen LogP contribution in [0.25, 0.3) is 5.65 Å². The third-order valence-corrected chi connectivity index (χ3v) is 4.49. The number of aromatic amines is 1. The van der Waals surface area contributed by atoms with Gasteiger partial charge in [0.25, 0.3) is 11.5 Å². The number of fused-ring (bicyclic) bond motifs is 2. The first kappa shape index (κ1) is 14.7. The minimum Gasteiger partial charge on any atom is -0.334 e. The lowest BCUT2D eigenvalue weighted by Crippen LogP contribution is -2.35. The molecule has 0 spiro atoms. The Morgan fingerprint density at radius 3 is 2.88 bits per heavy atom. The van der Waals surface area contributed by atoms with Gasteiger partial charge in [-0.25, -0.2) is 9.50 Å². The Balaban J connectivity index is 1.71. The fraction of sp³-hybridized carbons (Fsp3) is 0.278. The molecular weight excluding hydrogens is 304 g/mol. The average molecular weight is 322 g/mol. The van der Waals surface area contributed by atoms with Gasteiger partial charge in [-0.3, -0.25) is 14.7 Å². The third kappa shape index (κ3) is 2.40. The molecule has 1 aliphatic rings. The van der Waals surface area contributed by atoms with Crippen molar-refractivity contribution < 1.29 is 4.79 Å². The second-order valence-electron chi connectivity index (χ2n) is 6.21. The van der Waals surface area contributed by atoms with E-state index in [0.717, 1.165) is 24.1 Å². The van der Waals surface area contributed by atoms with E-state index in [-0.39, 0.29) is 17.0 Å². The van der Waals surface area contributed by atoms with Crippen molar-refractivity contribution in [1.82, 2.24) is 19.5 Å². The van der Waals surface area contributed by atoms with Crippen molar-refractivity contribution in [3.63, 3.8) is 0 Å². The molecule has 0 unspecified atom stereocenters. The molecule has 24 heavy (non-hydrogen) atoms. The van der Waals surface area contributed by atoms with Gasteiger partial charge in [0, 0.05) is 31.0 Å². The van der Waals surface area contributed by atoms with E-state index in [1.807, 2.05) is 25.1 Å². The van der Waals surface area contributed by atoms with Crippen LogP contribution < -0.4 is 5.56 Å². The second-order valence-corrected chi connectivity index (χ2v) is 6.21. The largest absolute Gasteiger partial charge is 0.334 e. The lowest BCUT2D eigenvalue weighted by Gasteiger charge is -2.20. The number of carbonyl (C=O) groups excluding carboxylic acids is 1. The molecule has 0 fully saturated rings. The van der Waals surface area contributed by atoms with Crippen LogP contribution >= 0.6 is 0 Å². The fourth-order valence-corrected chi connectivity index (χ4v) is 3.27. The van der Waals surface area contributed by atoms with E-state index in [1.165, 1.54) is 16.3 Å². The highest BCUT2D eigenvalue weighted by Crippen LogP contribution is 2.19. The van der Waals surface area contributed by atoms with Gasteiger partial charge in [0.15, 0.2) is 5.65 Å². The minimum absolute atomic E-state index is 0.105. The summed E-state index contributed by atoms with van der Waals surface area (Å²) >= 11 is 0. The first-order valence-electron chi connectivity index (χ1n) is 8.07. The van der Waals surface area contributed by atoms with Crippen LogP contribution in [0.2, 0.25) is 0 Å². The number of aromatic nitrogens is 3. The van der Waals surface area contributed by atoms with Crippen molar-refractivity contribution in [2.24, 2.45) is 0 Å². The highest BCUT2D eigenvalue weighted by Gasteiger charge is 2.23. The molecule has 0 bridgehead atoms.